The Morgan fingerprint density at radius 2 is 1.78 bits per heavy atom. The van der Waals surface area contributed by atoms with Gasteiger partial charge in [-0.2, -0.15) is 0 Å². The van der Waals surface area contributed by atoms with Crippen LogP contribution in [0.25, 0.3) is 0 Å². The largest absolute Gasteiger partial charge is 0.447 e. The topological polar surface area (TPSA) is 55.8 Å². The second-order valence-electron chi connectivity index (χ2n) is 11.1. The maximum atomic E-state index is 13.6. The Morgan fingerprint density at radius 3 is 2.28 bits per heavy atom. The number of benzene rings is 1. The van der Waals surface area contributed by atoms with Gasteiger partial charge in [-0.15, -0.1) is 6.58 Å². The Hall–Kier alpha value is -1.97. The lowest BCUT2D eigenvalue weighted by atomic mass is 9.86. The lowest BCUT2D eigenvalue weighted by Gasteiger charge is -2.35. The highest BCUT2D eigenvalue weighted by Gasteiger charge is 2.47. The number of cyclic esters (lactones) is 1. The van der Waals surface area contributed by atoms with Crippen molar-refractivity contribution in [3.63, 3.8) is 0 Å². The predicted octanol–water partition coefficient (Wildman–Crippen LogP) is 5.11. The third kappa shape index (κ3) is 6.53. The number of rotatable bonds is 8. The first-order valence-corrected chi connectivity index (χ1v) is 17.7. The standard InChI is InChI=1S/C25H39NO4Si2/c1-10-20(23(27)26-22(25(2,3)4)18-29-24(26)28)21(30-31(5,6)7)16-17-32(8,9)19-14-12-11-13-15-19/h10-17,20-22H,1,18H2,2-9H3/b17-16+/t20-,21-,22+/m0/s1. The molecule has 7 heteroatoms. The van der Waals surface area contributed by atoms with Crippen molar-refractivity contribution >= 4 is 33.6 Å². The average Bonchev–Trinajstić information content (AvgIpc) is 3.08. The fraction of sp³-hybridized carbons (Fsp3) is 0.520. The van der Waals surface area contributed by atoms with E-state index in [1.807, 2.05) is 32.9 Å². The molecule has 1 aliphatic heterocycles. The first-order valence-electron chi connectivity index (χ1n) is 11.2. The van der Waals surface area contributed by atoms with Crippen LogP contribution in [0.5, 0.6) is 0 Å². The minimum absolute atomic E-state index is 0.210. The van der Waals surface area contributed by atoms with E-state index in [0.29, 0.717) is 0 Å². The molecule has 3 atom stereocenters. The van der Waals surface area contributed by atoms with Crippen LogP contribution in [0.3, 0.4) is 0 Å². The second-order valence-corrected chi connectivity index (χ2v) is 19.9. The van der Waals surface area contributed by atoms with Crippen LogP contribution >= 0.6 is 0 Å². The second kappa shape index (κ2) is 9.89. The molecule has 2 amide bonds. The van der Waals surface area contributed by atoms with Crippen molar-refractivity contribution in [3.05, 3.63) is 54.8 Å². The zero-order valence-corrected chi connectivity index (χ0v) is 22.8. The first-order chi connectivity index (χ1) is 14.7. The average molecular weight is 474 g/mol. The van der Waals surface area contributed by atoms with Crippen molar-refractivity contribution in [2.45, 2.75) is 65.7 Å². The molecular weight excluding hydrogens is 434 g/mol. The molecule has 0 unspecified atom stereocenters. The number of amides is 2. The van der Waals surface area contributed by atoms with Gasteiger partial charge in [-0.1, -0.05) is 87.2 Å². The van der Waals surface area contributed by atoms with Gasteiger partial charge in [-0.3, -0.25) is 4.79 Å². The molecule has 0 aromatic heterocycles. The van der Waals surface area contributed by atoms with E-state index in [1.165, 1.54) is 10.1 Å². The SMILES string of the molecule is C=C[C@H](C(=O)N1C(=O)OC[C@@H]1C(C)(C)C)[C@H](/C=C/[Si](C)(C)c1ccccc1)O[Si](C)(C)C. The summed E-state index contributed by atoms with van der Waals surface area (Å²) in [6.07, 6.45) is 2.56. The van der Waals surface area contributed by atoms with E-state index in [-0.39, 0.29) is 24.0 Å². The van der Waals surface area contributed by atoms with Gasteiger partial charge in [-0.05, 0) is 25.1 Å². The Balaban J connectivity index is 2.40. The van der Waals surface area contributed by atoms with Gasteiger partial charge < -0.3 is 9.16 Å². The van der Waals surface area contributed by atoms with Crippen molar-refractivity contribution < 1.29 is 18.8 Å². The third-order valence-corrected chi connectivity index (χ3v) is 9.54. The quantitative estimate of drug-likeness (QED) is 0.389. The van der Waals surface area contributed by atoms with Crippen LogP contribution in [0, 0.1) is 11.3 Å². The summed E-state index contributed by atoms with van der Waals surface area (Å²) in [5, 5.41) is 1.31. The van der Waals surface area contributed by atoms with Crippen molar-refractivity contribution in [2.75, 3.05) is 6.61 Å². The van der Waals surface area contributed by atoms with E-state index in [1.54, 1.807) is 6.08 Å². The van der Waals surface area contributed by atoms with Crippen LogP contribution in [0.15, 0.2) is 54.8 Å². The minimum atomic E-state index is -2.00. The van der Waals surface area contributed by atoms with Gasteiger partial charge in [0.05, 0.1) is 18.1 Å². The van der Waals surface area contributed by atoms with E-state index in [9.17, 15) is 9.59 Å². The van der Waals surface area contributed by atoms with E-state index < -0.39 is 34.5 Å². The normalized spacial score (nSPS) is 19.7. The zero-order chi connectivity index (χ0) is 24.3. The highest BCUT2D eigenvalue weighted by Crippen LogP contribution is 2.32. The summed E-state index contributed by atoms with van der Waals surface area (Å²) >= 11 is 0. The summed E-state index contributed by atoms with van der Waals surface area (Å²) in [5.74, 6) is -0.983. The predicted molar refractivity (Wildman–Crippen MR) is 136 cm³/mol. The highest BCUT2D eigenvalue weighted by molar-refractivity contribution is 6.93. The number of imide groups is 1. The maximum absolute atomic E-state index is 13.6. The third-order valence-electron chi connectivity index (χ3n) is 5.71. The van der Waals surface area contributed by atoms with Crippen molar-refractivity contribution in [1.29, 1.82) is 0 Å². The molecule has 32 heavy (non-hydrogen) atoms. The molecule has 0 spiro atoms. The van der Waals surface area contributed by atoms with Crippen molar-refractivity contribution in [2.24, 2.45) is 11.3 Å². The van der Waals surface area contributed by atoms with E-state index >= 15 is 0 Å². The van der Waals surface area contributed by atoms with Crippen LogP contribution in [0.1, 0.15) is 20.8 Å². The fourth-order valence-electron chi connectivity index (χ4n) is 3.78. The van der Waals surface area contributed by atoms with Crippen molar-refractivity contribution in [3.8, 4) is 0 Å². The van der Waals surface area contributed by atoms with Crippen LogP contribution in [-0.2, 0) is 14.0 Å². The Morgan fingerprint density at radius 1 is 1.19 bits per heavy atom. The molecule has 2 rings (SSSR count). The van der Waals surface area contributed by atoms with Gasteiger partial charge in [0.2, 0.25) is 5.91 Å². The molecule has 0 saturated carbocycles. The Bertz CT molecular complexity index is 853. The van der Waals surface area contributed by atoms with Gasteiger partial charge in [0.25, 0.3) is 0 Å². The highest BCUT2D eigenvalue weighted by atomic mass is 28.4. The maximum Gasteiger partial charge on any atom is 0.417 e. The van der Waals surface area contributed by atoms with Crippen LogP contribution in [-0.4, -0.2) is 52.0 Å². The Kier molecular flexibility index (Phi) is 8.12. The molecule has 0 radical (unpaired) electrons. The molecule has 0 bridgehead atoms. The Labute approximate surface area is 195 Å². The number of nitrogens with zero attached hydrogens (tertiary/aromatic N) is 1. The summed E-state index contributed by atoms with van der Waals surface area (Å²) in [4.78, 5) is 27.4. The molecule has 0 aliphatic carbocycles. The van der Waals surface area contributed by atoms with Gasteiger partial charge >= 0.3 is 6.09 Å². The molecule has 5 nitrogen and oxygen atoms in total. The minimum Gasteiger partial charge on any atom is -0.447 e. The van der Waals surface area contributed by atoms with E-state index in [4.69, 9.17) is 9.16 Å². The molecule has 0 N–H and O–H groups in total. The monoisotopic (exact) mass is 473 g/mol. The number of ether oxygens (including phenoxy) is 1. The van der Waals surface area contributed by atoms with E-state index in [0.717, 1.165) is 0 Å². The van der Waals surface area contributed by atoms with Gasteiger partial charge in [0.15, 0.2) is 8.32 Å². The molecule has 1 aliphatic rings. The number of carbonyl (C=O) groups is 2. The molecule has 1 heterocycles. The number of hydrogen-bond donors (Lipinski definition) is 0. The lowest BCUT2D eigenvalue weighted by Crippen LogP contribution is -2.51. The molecule has 1 aromatic rings. The molecular formula is C25H39NO4Si2. The van der Waals surface area contributed by atoms with Crippen LogP contribution in [0.4, 0.5) is 4.79 Å². The van der Waals surface area contributed by atoms with Crippen LogP contribution in [0.2, 0.25) is 32.7 Å². The molecule has 1 saturated heterocycles. The van der Waals surface area contributed by atoms with Crippen LogP contribution < -0.4 is 5.19 Å². The number of carbonyl (C=O) groups excluding carboxylic acids is 2. The fourth-order valence-corrected chi connectivity index (χ4v) is 6.73. The molecule has 1 fully saturated rings. The summed E-state index contributed by atoms with van der Waals surface area (Å²) in [5.41, 5.74) is 1.93. The van der Waals surface area contributed by atoms with Gasteiger partial charge in [0.1, 0.15) is 14.7 Å². The van der Waals surface area contributed by atoms with Gasteiger partial charge in [0, 0.05) is 0 Å². The molecule has 176 valence electrons. The lowest BCUT2D eigenvalue weighted by molar-refractivity contribution is -0.135. The summed E-state index contributed by atoms with van der Waals surface area (Å²) in [7, 11) is -3.90. The summed E-state index contributed by atoms with van der Waals surface area (Å²) in [6, 6.07) is 10.1. The zero-order valence-electron chi connectivity index (χ0n) is 20.8. The van der Waals surface area contributed by atoms with Crippen molar-refractivity contribution in [1.82, 2.24) is 4.90 Å². The van der Waals surface area contributed by atoms with Gasteiger partial charge in [-0.25, -0.2) is 9.69 Å². The number of hydrogen-bond acceptors (Lipinski definition) is 4. The summed E-state index contributed by atoms with van der Waals surface area (Å²) < 4.78 is 11.7. The van der Waals surface area contributed by atoms with E-state index in [2.05, 4.69) is 69.3 Å². The molecule has 1 aromatic carbocycles. The smallest absolute Gasteiger partial charge is 0.417 e. The first kappa shape index (κ1) is 26.3. The summed E-state index contributed by atoms with van der Waals surface area (Å²) in [6.45, 7) is 21.0.